The van der Waals surface area contributed by atoms with Crippen LogP contribution in [0.15, 0.2) is 22.7 Å². The van der Waals surface area contributed by atoms with Gasteiger partial charge in [0, 0.05) is 28.6 Å². The van der Waals surface area contributed by atoms with Crippen LogP contribution in [-0.4, -0.2) is 29.8 Å². The molecule has 0 saturated carbocycles. The van der Waals surface area contributed by atoms with Gasteiger partial charge in [-0.2, -0.15) is 11.8 Å². The fourth-order valence-corrected chi connectivity index (χ4v) is 5.02. The van der Waals surface area contributed by atoms with Gasteiger partial charge in [0.05, 0.1) is 5.60 Å². The van der Waals surface area contributed by atoms with Gasteiger partial charge in [-0.05, 0) is 55.2 Å². The Morgan fingerprint density at radius 3 is 3.15 bits per heavy atom. The van der Waals surface area contributed by atoms with E-state index in [1.165, 1.54) is 29.2 Å². The minimum absolute atomic E-state index is 0.155. The highest BCUT2D eigenvalue weighted by Crippen LogP contribution is 2.39. The minimum atomic E-state index is 0.155. The summed E-state index contributed by atoms with van der Waals surface area (Å²) in [4.78, 5) is 0. The minimum Gasteiger partial charge on any atom is -0.382 e. The summed E-state index contributed by atoms with van der Waals surface area (Å²) in [6, 6.07) is 7.10. The second kappa shape index (κ2) is 6.29. The van der Waals surface area contributed by atoms with E-state index in [0.717, 1.165) is 30.3 Å². The molecule has 2 unspecified atom stereocenters. The number of halogens is 1. The number of anilines is 1. The third kappa shape index (κ3) is 3.18. The first kappa shape index (κ1) is 14.7. The first-order valence-electron chi connectivity index (χ1n) is 7.47. The molecule has 2 atom stereocenters. The highest BCUT2D eigenvalue weighted by Gasteiger charge is 2.40. The highest BCUT2D eigenvalue weighted by molar-refractivity contribution is 9.10. The summed E-state index contributed by atoms with van der Waals surface area (Å²) >= 11 is 5.60. The van der Waals surface area contributed by atoms with Gasteiger partial charge in [0.1, 0.15) is 0 Å². The van der Waals surface area contributed by atoms with Crippen molar-refractivity contribution in [1.82, 2.24) is 0 Å². The van der Waals surface area contributed by atoms with Crippen molar-refractivity contribution in [2.75, 3.05) is 23.4 Å². The van der Waals surface area contributed by atoms with E-state index in [1.807, 2.05) is 11.8 Å². The Morgan fingerprint density at radius 2 is 2.40 bits per heavy atom. The zero-order chi connectivity index (χ0) is 14.0. The molecule has 1 N–H and O–H groups in total. The summed E-state index contributed by atoms with van der Waals surface area (Å²) in [7, 11) is 0. The predicted molar refractivity (Wildman–Crippen MR) is 90.8 cm³/mol. The molecule has 0 bridgehead atoms. The van der Waals surface area contributed by atoms with Gasteiger partial charge in [-0.1, -0.05) is 22.9 Å². The van der Waals surface area contributed by atoms with Crippen molar-refractivity contribution in [2.45, 2.75) is 44.2 Å². The van der Waals surface area contributed by atoms with Gasteiger partial charge in [0.25, 0.3) is 0 Å². The lowest BCUT2D eigenvalue weighted by molar-refractivity contribution is -0.0628. The smallest absolute Gasteiger partial charge is 0.0799 e. The summed E-state index contributed by atoms with van der Waals surface area (Å²) in [5.74, 6) is 2.43. The number of thioether (sulfide) groups is 1. The summed E-state index contributed by atoms with van der Waals surface area (Å²) in [6.07, 6.45) is 4.55. The number of benzene rings is 1. The van der Waals surface area contributed by atoms with E-state index in [4.69, 9.17) is 4.74 Å². The summed E-state index contributed by atoms with van der Waals surface area (Å²) in [6.45, 7) is 3.11. The molecular formula is C16H22BrNOS. The maximum Gasteiger partial charge on any atom is 0.0799 e. The van der Waals surface area contributed by atoms with Gasteiger partial charge < -0.3 is 10.1 Å². The largest absolute Gasteiger partial charge is 0.382 e. The van der Waals surface area contributed by atoms with Crippen LogP contribution in [0.25, 0.3) is 0 Å². The first-order chi connectivity index (χ1) is 9.71. The maximum atomic E-state index is 6.10. The highest BCUT2D eigenvalue weighted by atomic mass is 79.9. The van der Waals surface area contributed by atoms with Gasteiger partial charge in [0.2, 0.25) is 0 Å². The zero-order valence-corrected chi connectivity index (χ0v) is 14.4. The van der Waals surface area contributed by atoms with E-state index >= 15 is 0 Å². The van der Waals surface area contributed by atoms with E-state index in [2.05, 4.69) is 46.4 Å². The van der Waals surface area contributed by atoms with Gasteiger partial charge in [-0.15, -0.1) is 0 Å². The molecule has 0 amide bonds. The molecule has 2 aliphatic rings. The molecule has 0 aliphatic carbocycles. The molecule has 4 heteroatoms. The lowest BCUT2D eigenvalue weighted by Gasteiger charge is -2.38. The summed E-state index contributed by atoms with van der Waals surface area (Å²) in [5, 5.41) is 3.77. The van der Waals surface area contributed by atoms with E-state index in [0.29, 0.717) is 6.04 Å². The normalized spacial score (nSPS) is 29.8. The number of hydrogen-bond acceptors (Lipinski definition) is 3. The Labute approximate surface area is 134 Å². The van der Waals surface area contributed by atoms with E-state index in [9.17, 15) is 0 Å². The van der Waals surface area contributed by atoms with E-state index in [-0.39, 0.29) is 5.60 Å². The van der Waals surface area contributed by atoms with Gasteiger partial charge in [-0.25, -0.2) is 0 Å². The van der Waals surface area contributed by atoms with Crippen molar-refractivity contribution in [3.8, 4) is 0 Å². The van der Waals surface area contributed by atoms with Crippen LogP contribution >= 0.6 is 27.7 Å². The Kier molecular flexibility index (Phi) is 4.63. The summed E-state index contributed by atoms with van der Waals surface area (Å²) < 4.78 is 7.26. The van der Waals surface area contributed by atoms with Gasteiger partial charge >= 0.3 is 0 Å². The molecule has 0 radical (unpaired) electrons. The molecule has 2 fully saturated rings. The Balaban J connectivity index is 1.71. The third-order valence-electron chi connectivity index (χ3n) is 4.37. The van der Waals surface area contributed by atoms with Crippen LogP contribution in [0.5, 0.6) is 0 Å². The topological polar surface area (TPSA) is 21.3 Å². The van der Waals surface area contributed by atoms with Crippen molar-refractivity contribution < 1.29 is 4.74 Å². The third-order valence-corrected chi connectivity index (χ3v) is 6.08. The molecule has 20 heavy (non-hydrogen) atoms. The van der Waals surface area contributed by atoms with Gasteiger partial charge in [0.15, 0.2) is 0 Å². The number of hydrogen-bond donors (Lipinski definition) is 1. The molecule has 2 saturated heterocycles. The fourth-order valence-electron chi connectivity index (χ4n) is 3.23. The molecular weight excluding hydrogens is 334 g/mol. The number of aryl methyl sites for hydroxylation is 1. The summed E-state index contributed by atoms with van der Waals surface area (Å²) in [5.41, 5.74) is 2.84. The SMILES string of the molecule is CCc1cc(Br)ccc1NC1CCOC2(CCSC2)C1. The molecule has 3 rings (SSSR count). The van der Waals surface area contributed by atoms with Crippen molar-refractivity contribution in [1.29, 1.82) is 0 Å². The molecule has 110 valence electrons. The second-order valence-corrected chi connectivity index (χ2v) is 7.84. The lowest BCUT2D eigenvalue weighted by atomic mass is 9.89. The van der Waals surface area contributed by atoms with Crippen LogP contribution < -0.4 is 5.32 Å². The van der Waals surface area contributed by atoms with Crippen molar-refractivity contribution in [2.24, 2.45) is 0 Å². The van der Waals surface area contributed by atoms with Crippen LogP contribution in [0.3, 0.4) is 0 Å². The molecule has 2 heterocycles. The Hall–Kier alpha value is -0.190. The Bertz CT molecular complexity index is 474. The van der Waals surface area contributed by atoms with Crippen LogP contribution in [0.4, 0.5) is 5.69 Å². The number of ether oxygens (including phenoxy) is 1. The number of nitrogens with one attached hydrogen (secondary N) is 1. The lowest BCUT2D eigenvalue weighted by Crippen LogP contribution is -2.44. The first-order valence-corrected chi connectivity index (χ1v) is 9.42. The quantitative estimate of drug-likeness (QED) is 0.863. The second-order valence-electron chi connectivity index (χ2n) is 5.82. The predicted octanol–water partition coefficient (Wildman–Crippen LogP) is 4.48. The molecule has 0 aromatic heterocycles. The van der Waals surface area contributed by atoms with Crippen LogP contribution in [0, 0.1) is 0 Å². The molecule has 1 aromatic rings. The van der Waals surface area contributed by atoms with Gasteiger partial charge in [-0.3, -0.25) is 0 Å². The zero-order valence-electron chi connectivity index (χ0n) is 12.0. The van der Waals surface area contributed by atoms with Crippen molar-refractivity contribution in [3.05, 3.63) is 28.2 Å². The average molecular weight is 356 g/mol. The molecule has 2 nitrogen and oxygen atoms in total. The van der Waals surface area contributed by atoms with Crippen LogP contribution in [0.2, 0.25) is 0 Å². The number of rotatable bonds is 3. The fraction of sp³-hybridized carbons (Fsp3) is 0.625. The van der Waals surface area contributed by atoms with Crippen molar-refractivity contribution >= 4 is 33.4 Å². The molecule has 1 aromatic carbocycles. The van der Waals surface area contributed by atoms with Crippen molar-refractivity contribution in [3.63, 3.8) is 0 Å². The Morgan fingerprint density at radius 1 is 1.50 bits per heavy atom. The van der Waals surface area contributed by atoms with E-state index in [1.54, 1.807) is 0 Å². The molecule has 1 spiro atoms. The van der Waals surface area contributed by atoms with E-state index < -0.39 is 0 Å². The average Bonchev–Trinajstić information content (AvgIpc) is 2.89. The molecule has 2 aliphatic heterocycles. The monoisotopic (exact) mass is 355 g/mol. The van der Waals surface area contributed by atoms with Crippen LogP contribution in [-0.2, 0) is 11.2 Å². The van der Waals surface area contributed by atoms with Crippen LogP contribution in [0.1, 0.15) is 31.7 Å². The standard InChI is InChI=1S/C16H22BrNOS/c1-2-12-9-13(17)3-4-15(12)18-14-5-7-19-16(10-14)6-8-20-11-16/h3-4,9,14,18H,2,5-8,10-11H2,1H3. The maximum absolute atomic E-state index is 6.10.